The Morgan fingerprint density at radius 1 is 1.05 bits per heavy atom. The monoisotopic (exact) mass is 280 g/mol. The highest BCUT2D eigenvalue weighted by atomic mass is 16.4. The summed E-state index contributed by atoms with van der Waals surface area (Å²) in [6.45, 7) is 0. The van der Waals surface area contributed by atoms with Gasteiger partial charge in [0.1, 0.15) is 0 Å². The first-order chi connectivity index (χ1) is 10.1. The fraction of sp³-hybridized carbons (Fsp3) is 0. The van der Waals surface area contributed by atoms with Gasteiger partial charge in [-0.25, -0.2) is 4.79 Å². The topological polar surface area (TPSA) is 82.2 Å². The summed E-state index contributed by atoms with van der Waals surface area (Å²) in [7, 11) is 0. The Labute approximate surface area is 120 Å². The summed E-state index contributed by atoms with van der Waals surface area (Å²) >= 11 is 0. The van der Waals surface area contributed by atoms with E-state index < -0.39 is 5.97 Å². The van der Waals surface area contributed by atoms with Gasteiger partial charge in [-0.05, 0) is 24.3 Å². The summed E-state index contributed by atoms with van der Waals surface area (Å²) in [6.07, 6.45) is 1.64. The van der Waals surface area contributed by atoms with E-state index in [0.717, 1.165) is 10.9 Å². The molecule has 0 aliphatic heterocycles. The Morgan fingerprint density at radius 2 is 1.86 bits per heavy atom. The van der Waals surface area contributed by atoms with Gasteiger partial charge in [0.2, 0.25) is 0 Å². The number of para-hydroxylation sites is 1. The number of nitrogens with one attached hydrogen (secondary N) is 2. The first kappa shape index (κ1) is 12.9. The summed E-state index contributed by atoms with van der Waals surface area (Å²) in [6, 6.07) is 13.6. The van der Waals surface area contributed by atoms with Crippen LogP contribution in [-0.2, 0) is 0 Å². The van der Waals surface area contributed by atoms with E-state index >= 15 is 0 Å². The average Bonchev–Trinajstić information content (AvgIpc) is 2.91. The minimum absolute atomic E-state index is 0.131. The molecule has 0 saturated carbocycles. The molecule has 0 radical (unpaired) electrons. The van der Waals surface area contributed by atoms with Crippen molar-refractivity contribution in [1.82, 2.24) is 4.98 Å². The van der Waals surface area contributed by atoms with E-state index in [1.807, 2.05) is 24.3 Å². The van der Waals surface area contributed by atoms with Crippen LogP contribution in [0.15, 0.2) is 54.7 Å². The van der Waals surface area contributed by atoms with Gasteiger partial charge < -0.3 is 15.4 Å². The fourth-order valence-corrected chi connectivity index (χ4v) is 2.19. The van der Waals surface area contributed by atoms with E-state index in [1.54, 1.807) is 18.3 Å². The van der Waals surface area contributed by atoms with Crippen LogP contribution in [0.4, 0.5) is 5.69 Å². The molecule has 0 unspecified atom stereocenters. The molecule has 0 saturated heterocycles. The highest BCUT2D eigenvalue weighted by Crippen LogP contribution is 2.19. The molecule has 21 heavy (non-hydrogen) atoms. The minimum atomic E-state index is -1.03. The number of carboxylic acids is 1. The average molecular weight is 280 g/mol. The molecule has 1 aromatic heterocycles. The summed E-state index contributed by atoms with van der Waals surface area (Å²) in [5, 5.41) is 12.5. The lowest BCUT2D eigenvalue weighted by atomic mass is 10.1. The molecule has 1 heterocycles. The molecule has 1 amide bonds. The predicted molar refractivity (Wildman–Crippen MR) is 79.7 cm³/mol. The van der Waals surface area contributed by atoms with Crippen LogP contribution in [0.3, 0.4) is 0 Å². The van der Waals surface area contributed by atoms with Gasteiger partial charge >= 0.3 is 5.97 Å². The quantitative estimate of drug-likeness (QED) is 0.689. The highest BCUT2D eigenvalue weighted by Gasteiger charge is 2.12. The SMILES string of the molecule is O=C(O)c1cccc(NC(=O)c2c[nH]c3ccccc23)c1. The lowest BCUT2D eigenvalue weighted by Crippen LogP contribution is -2.11. The number of aromatic nitrogens is 1. The van der Waals surface area contributed by atoms with Crippen molar-refractivity contribution < 1.29 is 14.7 Å². The third kappa shape index (κ3) is 2.49. The largest absolute Gasteiger partial charge is 0.478 e. The van der Waals surface area contributed by atoms with Crippen LogP contribution >= 0.6 is 0 Å². The second-order valence-electron chi connectivity index (χ2n) is 4.59. The maximum Gasteiger partial charge on any atom is 0.335 e. The summed E-state index contributed by atoms with van der Waals surface area (Å²) in [4.78, 5) is 26.2. The number of rotatable bonds is 3. The number of aromatic carboxylic acids is 1. The van der Waals surface area contributed by atoms with Gasteiger partial charge in [-0.3, -0.25) is 4.79 Å². The summed E-state index contributed by atoms with van der Waals surface area (Å²) in [5.41, 5.74) is 1.98. The molecule has 0 spiro atoms. The number of benzene rings is 2. The number of carbonyl (C=O) groups excluding carboxylic acids is 1. The molecule has 3 N–H and O–H groups in total. The molecule has 0 atom stereocenters. The normalized spacial score (nSPS) is 10.5. The molecule has 104 valence electrons. The smallest absolute Gasteiger partial charge is 0.335 e. The molecule has 0 bridgehead atoms. The lowest BCUT2D eigenvalue weighted by molar-refractivity contribution is 0.0696. The standard InChI is InChI=1S/C16H12N2O3/c19-15(13-9-17-14-7-2-1-6-12(13)14)18-11-5-3-4-10(8-11)16(20)21/h1-9,17H,(H,18,19)(H,20,21). The molecule has 5 nitrogen and oxygen atoms in total. The minimum Gasteiger partial charge on any atom is -0.478 e. The number of fused-ring (bicyclic) bond motifs is 1. The van der Waals surface area contributed by atoms with Gasteiger partial charge in [-0.15, -0.1) is 0 Å². The molecule has 2 aromatic carbocycles. The molecule has 5 heteroatoms. The van der Waals surface area contributed by atoms with Crippen molar-refractivity contribution in [2.45, 2.75) is 0 Å². The summed E-state index contributed by atoms with van der Waals surface area (Å²) < 4.78 is 0. The van der Waals surface area contributed by atoms with Gasteiger partial charge in [-0.1, -0.05) is 24.3 Å². The number of aromatic amines is 1. The molecule has 3 aromatic rings. The van der Waals surface area contributed by atoms with Crippen molar-refractivity contribution >= 4 is 28.5 Å². The molecular weight excluding hydrogens is 268 g/mol. The van der Waals surface area contributed by atoms with E-state index in [9.17, 15) is 9.59 Å². The zero-order chi connectivity index (χ0) is 14.8. The Hall–Kier alpha value is -3.08. The first-order valence-electron chi connectivity index (χ1n) is 6.36. The Morgan fingerprint density at radius 3 is 2.67 bits per heavy atom. The van der Waals surface area contributed by atoms with Crippen LogP contribution in [0, 0.1) is 0 Å². The number of hydrogen-bond donors (Lipinski definition) is 3. The number of amides is 1. The predicted octanol–water partition coefficient (Wildman–Crippen LogP) is 3.12. The van der Waals surface area contributed by atoms with E-state index in [0.29, 0.717) is 11.3 Å². The van der Waals surface area contributed by atoms with E-state index in [-0.39, 0.29) is 11.5 Å². The molecule has 0 fully saturated rings. The van der Waals surface area contributed by atoms with Crippen LogP contribution in [0.1, 0.15) is 20.7 Å². The second-order valence-corrected chi connectivity index (χ2v) is 4.59. The maximum atomic E-state index is 12.3. The van der Waals surface area contributed by atoms with Gasteiger partial charge in [0.15, 0.2) is 0 Å². The number of hydrogen-bond acceptors (Lipinski definition) is 2. The zero-order valence-electron chi connectivity index (χ0n) is 11.0. The van der Waals surface area contributed by atoms with E-state index in [4.69, 9.17) is 5.11 Å². The molecule has 0 aliphatic carbocycles. The van der Waals surface area contributed by atoms with Crippen molar-refractivity contribution in [3.63, 3.8) is 0 Å². The third-order valence-electron chi connectivity index (χ3n) is 3.20. The van der Waals surface area contributed by atoms with Crippen LogP contribution < -0.4 is 5.32 Å². The maximum absolute atomic E-state index is 12.3. The highest BCUT2D eigenvalue weighted by molar-refractivity contribution is 6.12. The Bertz CT molecular complexity index is 836. The van der Waals surface area contributed by atoms with Crippen molar-refractivity contribution in [2.75, 3.05) is 5.32 Å². The number of anilines is 1. The lowest BCUT2D eigenvalue weighted by Gasteiger charge is -2.05. The van der Waals surface area contributed by atoms with E-state index in [2.05, 4.69) is 10.3 Å². The van der Waals surface area contributed by atoms with E-state index in [1.165, 1.54) is 12.1 Å². The van der Waals surface area contributed by atoms with Gasteiger partial charge in [0.25, 0.3) is 5.91 Å². The van der Waals surface area contributed by atoms with Crippen LogP contribution in [0.5, 0.6) is 0 Å². The van der Waals surface area contributed by atoms with Gasteiger partial charge in [-0.2, -0.15) is 0 Å². The van der Waals surface area contributed by atoms with Crippen LogP contribution in [0.2, 0.25) is 0 Å². The molecule has 3 rings (SSSR count). The van der Waals surface area contributed by atoms with Crippen LogP contribution in [0.25, 0.3) is 10.9 Å². The number of carboxylic acid groups (broad SMARTS) is 1. The van der Waals surface area contributed by atoms with Crippen molar-refractivity contribution in [3.05, 3.63) is 65.9 Å². The fourth-order valence-electron chi connectivity index (χ4n) is 2.19. The van der Waals surface area contributed by atoms with Crippen LogP contribution in [-0.4, -0.2) is 22.0 Å². The van der Waals surface area contributed by atoms with Crippen molar-refractivity contribution in [2.24, 2.45) is 0 Å². The van der Waals surface area contributed by atoms with Gasteiger partial charge in [0, 0.05) is 22.8 Å². The third-order valence-corrected chi connectivity index (χ3v) is 3.20. The van der Waals surface area contributed by atoms with Crippen molar-refractivity contribution in [3.8, 4) is 0 Å². The molecular formula is C16H12N2O3. The number of H-pyrrole nitrogens is 1. The zero-order valence-corrected chi connectivity index (χ0v) is 11.0. The first-order valence-corrected chi connectivity index (χ1v) is 6.36. The second kappa shape index (κ2) is 5.13. The van der Waals surface area contributed by atoms with Crippen molar-refractivity contribution in [1.29, 1.82) is 0 Å². The molecule has 0 aliphatic rings. The number of carbonyl (C=O) groups is 2. The summed E-state index contributed by atoms with van der Waals surface area (Å²) in [5.74, 6) is -1.31. The Kier molecular flexibility index (Phi) is 3.16. The van der Waals surface area contributed by atoms with Gasteiger partial charge in [0.05, 0.1) is 11.1 Å². The Balaban J connectivity index is 1.90.